The van der Waals surface area contributed by atoms with E-state index in [9.17, 15) is 9.18 Å². The Morgan fingerprint density at radius 2 is 2.31 bits per heavy atom. The molecule has 3 N–H and O–H groups in total. The van der Waals surface area contributed by atoms with E-state index < -0.39 is 0 Å². The fourth-order valence-corrected chi connectivity index (χ4v) is 1.21. The summed E-state index contributed by atoms with van der Waals surface area (Å²) in [5, 5.41) is 2.88. The molecule has 0 aromatic heterocycles. The highest BCUT2D eigenvalue weighted by atomic mass is 19.1. The van der Waals surface area contributed by atoms with Crippen LogP contribution in [0.1, 0.15) is 13.3 Å². The van der Waals surface area contributed by atoms with Gasteiger partial charge < -0.3 is 15.8 Å². The monoisotopic (exact) mass is 226 g/mol. The molecule has 88 valence electrons. The number of hydrogen-bond acceptors (Lipinski definition) is 4. The van der Waals surface area contributed by atoms with Gasteiger partial charge in [-0.15, -0.1) is 0 Å². The Morgan fingerprint density at radius 3 is 3.00 bits per heavy atom. The number of nitrogens with two attached hydrogens (primary N) is 1. The van der Waals surface area contributed by atoms with Gasteiger partial charge in [0.2, 0.25) is 0 Å². The van der Waals surface area contributed by atoms with Crippen molar-refractivity contribution in [3.8, 4) is 0 Å². The van der Waals surface area contributed by atoms with Gasteiger partial charge in [0, 0.05) is 6.54 Å². The summed E-state index contributed by atoms with van der Waals surface area (Å²) >= 11 is 0. The summed E-state index contributed by atoms with van der Waals surface area (Å²) < 4.78 is 17.6. The van der Waals surface area contributed by atoms with Crippen molar-refractivity contribution in [1.82, 2.24) is 0 Å². The maximum absolute atomic E-state index is 12.9. The number of esters is 1. The zero-order valence-electron chi connectivity index (χ0n) is 9.13. The first-order valence-electron chi connectivity index (χ1n) is 5.08. The molecule has 1 aromatic rings. The Kier molecular flexibility index (Phi) is 4.57. The van der Waals surface area contributed by atoms with E-state index in [2.05, 4.69) is 5.32 Å². The third-order valence-corrected chi connectivity index (χ3v) is 1.97. The molecule has 0 aliphatic heterocycles. The largest absolute Gasteiger partial charge is 0.466 e. The molecule has 5 heteroatoms. The molecule has 1 aromatic carbocycles. The Hall–Kier alpha value is -1.78. The highest BCUT2D eigenvalue weighted by Crippen LogP contribution is 2.18. The highest BCUT2D eigenvalue weighted by Gasteiger charge is 2.03. The molecule has 0 heterocycles. The van der Waals surface area contributed by atoms with Crippen LogP contribution in [0.15, 0.2) is 18.2 Å². The van der Waals surface area contributed by atoms with E-state index in [0.717, 1.165) is 0 Å². The van der Waals surface area contributed by atoms with Gasteiger partial charge in [-0.05, 0) is 25.1 Å². The van der Waals surface area contributed by atoms with Crippen LogP contribution in [-0.2, 0) is 9.53 Å². The molecular formula is C11H15FN2O2. The first kappa shape index (κ1) is 12.3. The second-order valence-corrected chi connectivity index (χ2v) is 3.21. The predicted molar refractivity (Wildman–Crippen MR) is 60.6 cm³/mol. The number of anilines is 2. The van der Waals surface area contributed by atoms with Crippen molar-refractivity contribution >= 4 is 17.3 Å². The molecule has 0 fully saturated rings. The second kappa shape index (κ2) is 5.95. The molecule has 0 radical (unpaired) electrons. The lowest BCUT2D eigenvalue weighted by atomic mass is 10.2. The highest BCUT2D eigenvalue weighted by molar-refractivity contribution is 5.71. The first-order chi connectivity index (χ1) is 7.63. The Labute approximate surface area is 93.6 Å². The van der Waals surface area contributed by atoms with Crippen molar-refractivity contribution in [3.63, 3.8) is 0 Å². The number of nitrogens with one attached hydrogen (secondary N) is 1. The van der Waals surface area contributed by atoms with Crippen molar-refractivity contribution in [3.05, 3.63) is 24.0 Å². The van der Waals surface area contributed by atoms with Crippen molar-refractivity contribution in [2.45, 2.75) is 13.3 Å². The number of rotatable bonds is 5. The first-order valence-corrected chi connectivity index (χ1v) is 5.08. The topological polar surface area (TPSA) is 64.3 Å². The number of ether oxygens (including phenoxy) is 1. The van der Waals surface area contributed by atoms with Gasteiger partial charge in [-0.3, -0.25) is 4.79 Å². The molecular weight excluding hydrogens is 211 g/mol. The molecule has 16 heavy (non-hydrogen) atoms. The maximum Gasteiger partial charge on any atom is 0.307 e. The van der Waals surface area contributed by atoms with Crippen molar-refractivity contribution in [1.29, 1.82) is 0 Å². The van der Waals surface area contributed by atoms with Crippen LogP contribution in [0.25, 0.3) is 0 Å². The van der Waals surface area contributed by atoms with Crippen LogP contribution in [0.2, 0.25) is 0 Å². The molecule has 0 aliphatic carbocycles. The molecule has 4 nitrogen and oxygen atoms in total. The average Bonchev–Trinajstić information content (AvgIpc) is 2.23. The molecule has 1 rings (SSSR count). The van der Waals surface area contributed by atoms with Gasteiger partial charge in [-0.25, -0.2) is 4.39 Å². The second-order valence-electron chi connectivity index (χ2n) is 3.21. The standard InChI is InChI=1S/C11H15FN2O2/c1-2-16-11(15)5-6-14-10-7-8(12)3-4-9(10)13/h3-4,7,14H,2,5-6,13H2,1H3. The van der Waals surface area contributed by atoms with Crippen LogP contribution in [0.5, 0.6) is 0 Å². The lowest BCUT2D eigenvalue weighted by Gasteiger charge is -2.08. The zero-order valence-corrected chi connectivity index (χ0v) is 9.13. The summed E-state index contributed by atoms with van der Waals surface area (Å²) in [6.45, 7) is 2.48. The number of halogens is 1. The summed E-state index contributed by atoms with van der Waals surface area (Å²) in [6.07, 6.45) is 0.226. The third-order valence-electron chi connectivity index (χ3n) is 1.97. The van der Waals surface area contributed by atoms with Crippen molar-refractivity contribution < 1.29 is 13.9 Å². The van der Waals surface area contributed by atoms with E-state index >= 15 is 0 Å². The molecule has 0 unspecified atom stereocenters. The summed E-state index contributed by atoms with van der Waals surface area (Å²) in [5.41, 5.74) is 6.56. The summed E-state index contributed by atoms with van der Waals surface area (Å²) in [5.74, 6) is -0.655. The minimum absolute atomic E-state index is 0.226. The molecule has 0 saturated carbocycles. The smallest absolute Gasteiger partial charge is 0.307 e. The Morgan fingerprint density at radius 1 is 1.56 bits per heavy atom. The van der Waals surface area contributed by atoms with Gasteiger partial charge in [-0.2, -0.15) is 0 Å². The number of benzene rings is 1. The number of carbonyl (C=O) groups excluding carboxylic acids is 1. The van der Waals surface area contributed by atoms with Crippen LogP contribution >= 0.6 is 0 Å². The summed E-state index contributed by atoms with van der Waals surface area (Å²) in [7, 11) is 0. The van der Waals surface area contributed by atoms with E-state index in [1.54, 1.807) is 6.92 Å². The van der Waals surface area contributed by atoms with Gasteiger partial charge in [0.25, 0.3) is 0 Å². The molecule has 0 atom stereocenters. The maximum atomic E-state index is 12.9. The van der Waals surface area contributed by atoms with Gasteiger partial charge in [-0.1, -0.05) is 0 Å². The van der Waals surface area contributed by atoms with Crippen molar-refractivity contribution in [2.75, 3.05) is 24.2 Å². The van der Waals surface area contributed by atoms with Crippen molar-refractivity contribution in [2.24, 2.45) is 0 Å². The normalized spacial score (nSPS) is 9.88. The lowest BCUT2D eigenvalue weighted by molar-refractivity contribution is -0.142. The fourth-order valence-electron chi connectivity index (χ4n) is 1.21. The van der Waals surface area contributed by atoms with E-state index in [0.29, 0.717) is 24.5 Å². The van der Waals surface area contributed by atoms with Gasteiger partial charge >= 0.3 is 5.97 Å². The average molecular weight is 226 g/mol. The molecule has 0 spiro atoms. The van der Waals surface area contributed by atoms with Crippen LogP contribution in [0, 0.1) is 5.82 Å². The van der Waals surface area contributed by atoms with Crippen LogP contribution in [-0.4, -0.2) is 19.1 Å². The molecule has 0 amide bonds. The number of nitrogen functional groups attached to an aromatic ring is 1. The number of hydrogen-bond donors (Lipinski definition) is 2. The summed E-state index contributed by atoms with van der Waals surface area (Å²) in [6, 6.07) is 4.05. The summed E-state index contributed by atoms with van der Waals surface area (Å²) in [4.78, 5) is 11.0. The SMILES string of the molecule is CCOC(=O)CCNc1cc(F)ccc1N. The minimum atomic E-state index is -0.368. The quantitative estimate of drug-likeness (QED) is 0.593. The minimum Gasteiger partial charge on any atom is -0.466 e. The fraction of sp³-hybridized carbons (Fsp3) is 0.364. The van der Waals surface area contributed by atoms with Crippen LogP contribution in [0.3, 0.4) is 0 Å². The van der Waals surface area contributed by atoms with E-state index in [-0.39, 0.29) is 18.2 Å². The Balaban J connectivity index is 2.42. The zero-order chi connectivity index (χ0) is 12.0. The van der Waals surface area contributed by atoms with E-state index in [1.807, 2.05) is 0 Å². The van der Waals surface area contributed by atoms with Gasteiger partial charge in [0.15, 0.2) is 0 Å². The van der Waals surface area contributed by atoms with Crippen LogP contribution < -0.4 is 11.1 Å². The van der Waals surface area contributed by atoms with Gasteiger partial charge in [0.1, 0.15) is 5.82 Å². The molecule has 0 bridgehead atoms. The third kappa shape index (κ3) is 3.76. The predicted octanol–water partition coefficient (Wildman–Crippen LogP) is 1.77. The van der Waals surface area contributed by atoms with Crippen LogP contribution in [0.4, 0.5) is 15.8 Å². The number of carbonyl (C=O) groups is 1. The van der Waals surface area contributed by atoms with E-state index in [4.69, 9.17) is 10.5 Å². The van der Waals surface area contributed by atoms with Gasteiger partial charge in [0.05, 0.1) is 24.4 Å². The Bertz CT molecular complexity index is 369. The lowest BCUT2D eigenvalue weighted by Crippen LogP contribution is -2.12. The molecule has 0 aliphatic rings. The van der Waals surface area contributed by atoms with E-state index in [1.165, 1.54) is 18.2 Å². The molecule has 0 saturated heterocycles.